The number of ether oxygens (including phenoxy) is 1. The summed E-state index contributed by atoms with van der Waals surface area (Å²) in [5.74, 6) is 0.876. The first-order valence-electron chi connectivity index (χ1n) is 9.75. The van der Waals surface area contributed by atoms with E-state index in [9.17, 15) is 4.39 Å². The van der Waals surface area contributed by atoms with Crippen molar-refractivity contribution in [3.63, 3.8) is 0 Å². The number of rotatable bonds is 5. The lowest BCUT2D eigenvalue weighted by Gasteiger charge is -2.18. The zero-order valence-electron chi connectivity index (χ0n) is 16.1. The number of nitrogens with one attached hydrogen (secondary N) is 2. The smallest absolute Gasteiger partial charge is 0.138 e. The van der Waals surface area contributed by atoms with E-state index < -0.39 is 0 Å². The molecule has 0 bridgehead atoms. The average Bonchev–Trinajstić information content (AvgIpc) is 3.45. The minimum absolute atomic E-state index is 0.0807. The molecule has 5 rings (SSSR count). The number of fused-ring (bicyclic) bond motifs is 1. The van der Waals surface area contributed by atoms with Crippen LogP contribution in [0.3, 0.4) is 0 Å². The maximum atomic E-state index is 13.2. The van der Waals surface area contributed by atoms with Crippen molar-refractivity contribution in [1.29, 1.82) is 0 Å². The quantitative estimate of drug-likeness (QED) is 0.533. The van der Waals surface area contributed by atoms with Crippen LogP contribution in [0.4, 0.5) is 10.1 Å². The molecule has 0 aliphatic carbocycles. The number of aromatic nitrogens is 4. The molecule has 0 radical (unpaired) electrons. The molecule has 1 aliphatic heterocycles. The molecule has 0 unspecified atom stereocenters. The second-order valence-electron chi connectivity index (χ2n) is 7.49. The van der Waals surface area contributed by atoms with Crippen LogP contribution in [-0.2, 0) is 11.8 Å². The van der Waals surface area contributed by atoms with Crippen molar-refractivity contribution < 1.29 is 9.13 Å². The van der Waals surface area contributed by atoms with E-state index in [-0.39, 0.29) is 11.9 Å². The van der Waals surface area contributed by atoms with Crippen molar-refractivity contribution in [1.82, 2.24) is 19.7 Å². The number of aryl methyl sites for hydroxylation is 1. The Morgan fingerprint density at radius 2 is 2.10 bits per heavy atom. The number of anilines is 1. The van der Waals surface area contributed by atoms with E-state index in [1.165, 1.54) is 12.1 Å². The fourth-order valence-electron chi connectivity index (χ4n) is 3.91. The van der Waals surface area contributed by atoms with Crippen LogP contribution in [0.2, 0.25) is 0 Å². The second kappa shape index (κ2) is 7.33. The summed E-state index contributed by atoms with van der Waals surface area (Å²) in [6.07, 6.45) is 5.01. The van der Waals surface area contributed by atoms with Crippen LogP contribution in [0.1, 0.15) is 18.1 Å². The predicted octanol–water partition coefficient (Wildman–Crippen LogP) is 4.29. The molecule has 2 aromatic carbocycles. The molecule has 148 valence electrons. The van der Waals surface area contributed by atoms with Gasteiger partial charge in [-0.05, 0) is 48.9 Å². The van der Waals surface area contributed by atoms with Gasteiger partial charge in [-0.2, -0.15) is 5.10 Å². The predicted molar refractivity (Wildman–Crippen MR) is 110 cm³/mol. The van der Waals surface area contributed by atoms with E-state index >= 15 is 0 Å². The Balaban J connectivity index is 1.31. The van der Waals surface area contributed by atoms with Gasteiger partial charge in [-0.25, -0.2) is 9.37 Å². The lowest BCUT2D eigenvalue weighted by atomic mass is 9.97. The van der Waals surface area contributed by atoms with Crippen LogP contribution in [0.25, 0.3) is 22.4 Å². The molecule has 7 heteroatoms. The molecule has 2 N–H and O–H groups in total. The van der Waals surface area contributed by atoms with Crippen LogP contribution in [0.5, 0.6) is 0 Å². The fourth-order valence-corrected chi connectivity index (χ4v) is 3.91. The number of imidazole rings is 1. The van der Waals surface area contributed by atoms with E-state index in [2.05, 4.69) is 26.4 Å². The van der Waals surface area contributed by atoms with Gasteiger partial charge < -0.3 is 15.0 Å². The minimum Gasteiger partial charge on any atom is -0.385 e. The van der Waals surface area contributed by atoms with Gasteiger partial charge in [0, 0.05) is 49.1 Å². The zero-order chi connectivity index (χ0) is 19.8. The maximum Gasteiger partial charge on any atom is 0.138 e. The summed E-state index contributed by atoms with van der Waals surface area (Å²) in [7, 11) is 1.92. The summed E-state index contributed by atoms with van der Waals surface area (Å²) < 4.78 is 20.9. The van der Waals surface area contributed by atoms with Crippen molar-refractivity contribution >= 4 is 16.7 Å². The van der Waals surface area contributed by atoms with E-state index in [0.29, 0.717) is 5.92 Å². The van der Waals surface area contributed by atoms with Gasteiger partial charge in [-0.3, -0.25) is 4.68 Å². The summed E-state index contributed by atoms with van der Waals surface area (Å²) in [6.45, 7) is 1.59. The lowest BCUT2D eigenvalue weighted by Crippen LogP contribution is -2.17. The van der Waals surface area contributed by atoms with Gasteiger partial charge in [0.05, 0.1) is 23.3 Å². The molecule has 29 heavy (non-hydrogen) atoms. The van der Waals surface area contributed by atoms with Gasteiger partial charge in [0.25, 0.3) is 0 Å². The van der Waals surface area contributed by atoms with Gasteiger partial charge in [-0.1, -0.05) is 0 Å². The Bertz CT molecular complexity index is 1130. The minimum atomic E-state index is -0.253. The molecular weight excluding hydrogens is 369 g/mol. The number of halogens is 1. The maximum absolute atomic E-state index is 13.2. The van der Waals surface area contributed by atoms with Crippen LogP contribution in [0, 0.1) is 11.7 Å². The molecule has 0 spiro atoms. The highest BCUT2D eigenvalue weighted by atomic mass is 19.1. The van der Waals surface area contributed by atoms with Crippen molar-refractivity contribution in [2.24, 2.45) is 13.0 Å². The highest BCUT2D eigenvalue weighted by Crippen LogP contribution is 2.34. The molecule has 0 saturated carbocycles. The van der Waals surface area contributed by atoms with Gasteiger partial charge in [0.2, 0.25) is 0 Å². The Labute approximate surface area is 167 Å². The fraction of sp³-hybridized carbons (Fsp3) is 0.273. The Morgan fingerprint density at radius 1 is 1.24 bits per heavy atom. The second-order valence-corrected chi connectivity index (χ2v) is 7.49. The number of benzene rings is 2. The summed E-state index contributed by atoms with van der Waals surface area (Å²) in [4.78, 5) is 7.94. The SMILES string of the molecule is Cn1cc([C@@H]2OCC[C@H]2CNc2ccc3nc(-c4ccc(F)cc4)[nH]c3c2)cn1. The van der Waals surface area contributed by atoms with Crippen molar-refractivity contribution in [3.05, 3.63) is 66.2 Å². The third-order valence-electron chi connectivity index (χ3n) is 5.44. The third-order valence-corrected chi connectivity index (χ3v) is 5.44. The van der Waals surface area contributed by atoms with Gasteiger partial charge in [0.1, 0.15) is 11.6 Å². The Morgan fingerprint density at radius 3 is 2.90 bits per heavy atom. The molecule has 6 nitrogen and oxygen atoms in total. The highest BCUT2D eigenvalue weighted by molar-refractivity contribution is 5.82. The zero-order valence-corrected chi connectivity index (χ0v) is 16.1. The first kappa shape index (κ1) is 17.9. The van der Waals surface area contributed by atoms with Crippen LogP contribution in [-0.4, -0.2) is 32.9 Å². The number of H-pyrrole nitrogens is 1. The molecule has 1 saturated heterocycles. The molecule has 2 aromatic heterocycles. The summed E-state index contributed by atoms with van der Waals surface area (Å²) >= 11 is 0. The van der Waals surface area contributed by atoms with Crippen molar-refractivity contribution in [3.8, 4) is 11.4 Å². The van der Waals surface area contributed by atoms with Crippen molar-refractivity contribution in [2.45, 2.75) is 12.5 Å². The average molecular weight is 391 g/mol. The number of hydrogen-bond donors (Lipinski definition) is 2. The van der Waals surface area contributed by atoms with Crippen LogP contribution >= 0.6 is 0 Å². The summed E-state index contributed by atoms with van der Waals surface area (Å²) in [6, 6.07) is 12.4. The molecule has 2 atom stereocenters. The summed E-state index contributed by atoms with van der Waals surface area (Å²) in [5.41, 5.74) is 4.85. The molecular formula is C22H22FN5O. The topological polar surface area (TPSA) is 67.8 Å². The number of hydrogen-bond acceptors (Lipinski definition) is 4. The first-order chi connectivity index (χ1) is 14.2. The molecule has 1 fully saturated rings. The standard InChI is InChI=1S/C22H22FN5O/c1-28-13-16(12-25-28)21-15(8-9-29-21)11-24-18-6-7-19-20(10-18)27-22(26-19)14-2-4-17(23)5-3-14/h2-7,10,12-13,15,21,24H,8-9,11H2,1H3,(H,26,27)/t15-,21+/m0/s1. The van der Waals surface area contributed by atoms with E-state index in [4.69, 9.17) is 4.74 Å². The normalized spacial score (nSPS) is 19.1. The van der Waals surface area contributed by atoms with Crippen LogP contribution < -0.4 is 5.32 Å². The first-order valence-corrected chi connectivity index (χ1v) is 9.75. The molecule has 1 aliphatic rings. The van der Waals surface area contributed by atoms with E-state index in [1.54, 1.807) is 12.1 Å². The van der Waals surface area contributed by atoms with Crippen LogP contribution in [0.15, 0.2) is 54.9 Å². The van der Waals surface area contributed by atoms with E-state index in [1.807, 2.05) is 36.3 Å². The molecule has 4 aromatic rings. The number of nitrogens with zero attached hydrogens (tertiary/aromatic N) is 3. The lowest BCUT2D eigenvalue weighted by molar-refractivity contribution is 0.0932. The monoisotopic (exact) mass is 391 g/mol. The van der Waals surface area contributed by atoms with Gasteiger partial charge in [-0.15, -0.1) is 0 Å². The van der Waals surface area contributed by atoms with Gasteiger partial charge >= 0.3 is 0 Å². The van der Waals surface area contributed by atoms with Crippen molar-refractivity contribution in [2.75, 3.05) is 18.5 Å². The summed E-state index contributed by atoms with van der Waals surface area (Å²) in [5, 5.41) is 7.80. The molecule has 0 amide bonds. The van der Waals surface area contributed by atoms with E-state index in [0.717, 1.165) is 53.2 Å². The van der Waals surface area contributed by atoms with Gasteiger partial charge in [0.15, 0.2) is 0 Å². The highest BCUT2D eigenvalue weighted by Gasteiger charge is 2.30. The molecule has 3 heterocycles. The largest absolute Gasteiger partial charge is 0.385 e. The number of aromatic amines is 1. The third kappa shape index (κ3) is 3.61. The Kier molecular flexibility index (Phi) is 4.52. The Hall–Kier alpha value is -3.19.